The number of aromatic nitrogens is 2. The van der Waals surface area contributed by atoms with Crippen molar-refractivity contribution in [2.45, 2.75) is 11.8 Å². The van der Waals surface area contributed by atoms with E-state index in [0.29, 0.717) is 0 Å². The molecule has 1 heterocycles. The number of rotatable bonds is 3. The Morgan fingerprint density at radius 2 is 1.93 bits per heavy atom. The van der Waals surface area contributed by atoms with E-state index in [1.807, 2.05) is 36.4 Å². The summed E-state index contributed by atoms with van der Waals surface area (Å²) in [4.78, 5) is 8.02. The highest BCUT2D eigenvalue weighted by molar-refractivity contribution is 6.20. The number of hydrogen-bond donors (Lipinski definition) is 0. The summed E-state index contributed by atoms with van der Waals surface area (Å²) in [6.45, 7) is 0. The highest BCUT2D eigenvalue weighted by Crippen LogP contribution is 2.23. The van der Waals surface area contributed by atoms with Crippen molar-refractivity contribution in [3.8, 4) is 0 Å². The molecule has 0 amide bonds. The van der Waals surface area contributed by atoms with Crippen LogP contribution in [-0.4, -0.2) is 9.97 Å². The predicted molar refractivity (Wildman–Crippen MR) is 60.8 cm³/mol. The van der Waals surface area contributed by atoms with Crippen molar-refractivity contribution in [2.24, 2.45) is 0 Å². The smallest absolute Gasteiger partial charge is 0.115 e. The number of alkyl halides is 1. The molecule has 1 atom stereocenters. The van der Waals surface area contributed by atoms with Crippen molar-refractivity contribution < 1.29 is 0 Å². The molecule has 76 valence electrons. The SMILES string of the molecule is ClC(Cc1ccncn1)c1ccccc1. The largest absolute Gasteiger partial charge is 0.245 e. The Morgan fingerprint density at radius 3 is 2.60 bits per heavy atom. The van der Waals surface area contributed by atoms with E-state index in [-0.39, 0.29) is 5.38 Å². The molecule has 1 aromatic heterocycles. The van der Waals surface area contributed by atoms with E-state index >= 15 is 0 Å². The van der Waals surface area contributed by atoms with E-state index < -0.39 is 0 Å². The van der Waals surface area contributed by atoms with Gasteiger partial charge in [0.2, 0.25) is 0 Å². The average molecular weight is 219 g/mol. The quantitative estimate of drug-likeness (QED) is 0.741. The first-order valence-electron chi connectivity index (χ1n) is 4.80. The maximum atomic E-state index is 6.28. The third-order valence-electron chi connectivity index (χ3n) is 2.19. The molecule has 0 saturated heterocycles. The van der Waals surface area contributed by atoms with E-state index in [9.17, 15) is 0 Å². The minimum atomic E-state index is -0.0268. The van der Waals surface area contributed by atoms with E-state index in [2.05, 4.69) is 9.97 Å². The van der Waals surface area contributed by atoms with Crippen LogP contribution in [0.3, 0.4) is 0 Å². The first-order chi connectivity index (χ1) is 7.36. The first kappa shape index (κ1) is 10.1. The van der Waals surface area contributed by atoms with Crippen LogP contribution in [0.25, 0.3) is 0 Å². The van der Waals surface area contributed by atoms with Crippen LogP contribution < -0.4 is 0 Å². The minimum absolute atomic E-state index is 0.0268. The fourth-order valence-electron chi connectivity index (χ4n) is 1.40. The van der Waals surface area contributed by atoms with E-state index in [1.54, 1.807) is 12.5 Å². The maximum Gasteiger partial charge on any atom is 0.115 e. The Labute approximate surface area is 94.0 Å². The van der Waals surface area contributed by atoms with Gasteiger partial charge in [0.05, 0.1) is 5.38 Å². The maximum absolute atomic E-state index is 6.28. The lowest BCUT2D eigenvalue weighted by Gasteiger charge is -2.08. The van der Waals surface area contributed by atoms with E-state index in [0.717, 1.165) is 17.7 Å². The lowest BCUT2D eigenvalue weighted by Crippen LogP contribution is -1.97. The monoisotopic (exact) mass is 218 g/mol. The molecular formula is C12H11ClN2. The van der Waals surface area contributed by atoms with Crippen molar-refractivity contribution in [3.63, 3.8) is 0 Å². The normalized spacial score (nSPS) is 12.3. The van der Waals surface area contributed by atoms with Gasteiger partial charge in [-0.05, 0) is 11.6 Å². The highest BCUT2D eigenvalue weighted by atomic mass is 35.5. The molecule has 2 rings (SSSR count). The van der Waals surface area contributed by atoms with Gasteiger partial charge in [-0.3, -0.25) is 0 Å². The molecule has 3 heteroatoms. The number of halogens is 1. The molecule has 15 heavy (non-hydrogen) atoms. The molecule has 0 aliphatic rings. The molecule has 1 aromatic carbocycles. The molecule has 0 aliphatic carbocycles. The second kappa shape index (κ2) is 4.89. The Morgan fingerprint density at radius 1 is 1.13 bits per heavy atom. The Bertz CT molecular complexity index is 402. The van der Waals surface area contributed by atoms with Gasteiger partial charge in [-0.2, -0.15) is 0 Å². The molecule has 0 saturated carbocycles. The summed E-state index contributed by atoms with van der Waals surface area (Å²) in [5, 5.41) is -0.0268. The van der Waals surface area contributed by atoms with Crippen LogP contribution in [0.15, 0.2) is 48.9 Å². The summed E-state index contributed by atoms with van der Waals surface area (Å²) < 4.78 is 0. The van der Waals surface area contributed by atoms with Crippen LogP contribution in [0.2, 0.25) is 0 Å². The average Bonchev–Trinajstić information content (AvgIpc) is 2.31. The van der Waals surface area contributed by atoms with Gasteiger partial charge in [0, 0.05) is 18.3 Å². The third-order valence-corrected chi connectivity index (χ3v) is 2.60. The van der Waals surface area contributed by atoms with Gasteiger partial charge >= 0.3 is 0 Å². The van der Waals surface area contributed by atoms with Crippen molar-refractivity contribution in [1.82, 2.24) is 9.97 Å². The zero-order valence-electron chi connectivity index (χ0n) is 8.18. The van der Waals surface area contributed by atoms with Gasteiger partial charge in [0.25, 0.3) is 0 Å². The second-order valence-electron chi connectivity index (χ2n) is 3.28. The molecule has 0 radical (unpaired) electrons. The van der Waals surface area contributed by atoms with Crippen LogP contribution in [0.1, 0.15) is 16.6 Å². The second-order valence-corrected chi connectivity index (χ2v) is 3.81. The summed E-state index contributed by atoms with van der Waals surface area (Å²) in [5.41, 5.74) is 2.09. The third kappa shape index (κ3) is 2.77. The molecule has 0 spiro atoms. The molecule has 0 N–H and O–H groups in total. The lowest BCUT2D eigenvalue weighted by molar-refractivity contribution is 0.871. The summed E-state index contributed by atoms with van der Waals surface area (Å²) in [5.74, 6) is 0. The Hall–Kier alpha value is -1.41. The molecule has 0 aliphatic heterocycles. The molecule has 1 unspecified atom stereocenters. The zero-order chi connectivity index (χ0) is 10.5. The van der Waals surface area contributed by atoms with Crippen LogP contribution in [0.5, 0.6) is 0 Å². The fourth-order valence-corrected chi connectivity index (χ4v) is 1.71. The topological polar surface area (TPSA) is 25.8 Å². The van der Waals surface area contributed by atoms with Crippen LogP contribution in [-0.2, 0) is 6.42 Å². The van der Waals surface area contributed by atoms with Crippen LogP contribution in [0, 0.1) is 0 Å². The summed E-state index contributed by atoms with van der Waals surface area (Å²) in [7, 11) is 0. The van der Waals surface area contributed by atoms with Gasteiger partial charge < -0.3 is 0 Å². The minimum Gasteiger partial charge on any atom is -0.245 e. The van der Waals surface area contributed by atoms with Crippen LogP contribution in [0.4, 0.5) is 0 Å². The van der Waals surface area contributed by atoms with Gasteiger partial charge in [-0.15, -0.1) is 11.6 Å². The molecular weight excluding hydrogens is 208 g/mol. The standard InChI is InChI=1S/C12H11ClN2/c13-12(10-4-2-1-3-5-10)8-11-6-7-14-9-15-11/h1-7,9,12H,8H2. The molecule has 0 fully saturated rings. The van der Waals surface area contributed by atoms with E-state index in [4.69, 9.17) is 11.6 Å². The summed E-state index contributed by atoms with van der Waals surface area (Å²) >= 11 is 6.28. The lowest BCUT2D eigenvalue weighted by atomic mass is 10.1. The van der Waals surface area contributed by atoms with Crippen molar-refractivity contribution in [2.75, 3.05) is 0 Å². The first-order valence-corrected chi connectivity index (χ1v) is 5.24. The van der Waals surface area contributed by atoms with Gasteiger partial charge in [0.1, 0.15) is 6.33 Å². The summed E-state index contributed by atoms with van der Waals surface area (Å²) in [6, 6.07) is 11.9. The van der Waals surface area contributed by atoms with Gasteiger partial charge in [-0.1, -0.05) is 30.3 Å². The Kier molecular flexibility index (Phi) is 3.30. The number of hydrogen-bond acceptors (Lipinski definition) is 2. The van der Waals surface area contributed by atoms with Crippen molar-refractivity contribution in [1.29, 1.82) is 0 Å². The predicted octanol–water partition coefficient (Wildman–Crippen LogP) is 3.00. The number of nitrogens with zero attached hydrogens (tertiary/aromatic N) is 2. The van der Waals surface area contributed by atoms with Crippen LogP contribution >= 0.6 is 11.6 Å². The van der Waals surface area contributed by atoms with Crippen molar-refractivity contribution >= 4 is 11.6 Å². The van der Waals surface area contributed by atoms with Gasteiger partial charge in [0.15, 0.2) is 0 Å². The highest BCUT2D eigenvalue weighted by Gasteiger charge is 2.08. The molecule has 2 aromatic rings. The summed E-state index contributed by atoms with van der Waals surface area (Å²) in [6.07, 6.45) is 4.01. The number of benzene rings is 1. The molecule has 0 bridgehead atoms. The van der Waals surface area contributed by atoms with E-state index in [1.165, 1.54) is 0 Å². The Balaban J connectivity index is 2.08. The van der Waals surface area contributed by atoms with Gasteiger partial charge in [-0.25, -0.2) is 9.97 Å². The fraction of sp³-hybridized carbons (Fsp3) is 0.167. The molecule has 2 nitrogen and oxygen atoms in total. The van der Waals surface area contributed by atoms with Crippen molar-refractivity contribution in [3.05, 3.63) is 60.2 Å². The zero-order valence-corrected chi connectivity index (χ0v) is 8.93.